The zero-order valence-corrected chi connectivity index (χ0v) is 11.6. The van der Waals surface area contributed by atoms with Crippen LogP contribution in [0.15, 0.2) is 17.5 Å². The number of hydrogen-bond acceptors (Lipinski definition) is 5. The first-order chi connectivity index (χ1) is 8.69. The van der Waals surface area contributed by atoms with Crippen LogP contribution in [0.5, 0.6) is 17.2 Å². The number of thiazole rings is 1. The Bertz CT molecular complexity index is 551. The molecule has 4 nitrogen and oxygen atoms in total. The van der Waals surface area contributed by atoms with E-state index in [9.17, 15) is 0 Å². The first-order valence-corrected chi connectivity index (χ1v) is 6.30. The monoisotopic (exact) mass is 265 g/mol. The molecule has 2 aromatic rings. The molecule has 96 valence electrons. The van der Waals surface area contributed by atoms with Crippen molar-refractivity contribution < 1.29 is 14.2 Å². The van der Waals surface area contributed by atoms with Crippen LogP contribution in [0.2, 0.25) is 0 Å². The van der Waals surface area contributed by atoms with Gasteiger partial charge < -0.3 is 14.2 Å². The van der Waals surface area contributed by atoms with Gasteiger partial charge in [-0.3, -0.25) is 0 Å². The Morgan fingerprint density at radius 2 is 1.56 bits per heavy atom. The number of rotatable bonds is 4. The molecule has 18 heavy (non-hydrogen) atoms. The number of benzene rings is 1. The number of aryl methyl sites for hydroxylation is 1. The van der Waals surface area contributed by atoms with E-state index in [-0.39, 0.29) is 0 Å². The van der Waals surface area contributed by atoms with Crippen molar-refractivity contribution in [2.75, 3.05) is 21.3 Å². The second kappa shape index (κ2) is 5.27. The van der Waals surface area contributed by atoms with Gasteiger partial charge in [0.15, 0.2) is 11.5 Å². The van der Waals surface area contributed by atoms with Crippen LogP contribution in [-0.2, 0) is 0 Å². The molecular formula is C13H15NO3S. The predicted molar refractivity (Wildman–Crippen MR) is 71.9 cm³/mol. The van der Waals surface area contributed by atoms with Crippen molar-refractivity contribution in [1.29, 1.82) is 0 Å². The zero-order chi connectivity index (χ0) is 13.1. The molecule has 0 unspecified atom stereocenters. The Kier molecular flexibility index (Phi) is 3.72. The Morgan fingerprint density at radius 3 is 2.06 bits per heavy atom. The van der Waals surface area contributed by atoms with E-state index < -0.39 is 0 Å². The lowest BCUT2D eigenvalue weighted by Crippen LogP contribution is -1.94. The molecule has 0 N–H and O–H groups in total. The summed E-state index contributed by atoms with van der Waals surface area (Å²) in [5.74, 6) is 2.04. The molecule has 0 aliphatic heterocycles. The van der Waals surface area contributed by atoms with E-state index in [1.807, 2.05) is 24.4 Å². The summed E-state index contributed by atoms with van der Waals surface area (Å²) in [6.07, 6.45) is 0. The molecule has 2 rings (SSSR count). The predicted octanol–water partition coefficient (Wildman–Crippen LogP) is 3.14. The van der Waals surface area contributed by atoms with Gasteiger partial charge in [-0.05, 0) is 13.0 Å². The van der Waals surface area contributed by atoms with E-state index in [4.69, 9.17) is 14.2 Å². The van der Waals surface area contributed by atoms with Crippen molar-refractivity contribution in [1.82, 2.24) is 4.98 Å². The van der Waals surface area contributed by atoms with Crippen molar-refractivity contribution in [2.45, 2.75) is 6.92 Å². The highest BCUT2D eigenvalue weighted by Crippen LogP contribution is 2.40. The minimum Gasteiger partial charge on any atom is -0.496 e. The van der Waals surface area contributed by atoms with Crippen molar-refractivity contribution in [3.05, 3.63) is 23.2 Å². The van der Waals surface area contributed by atoms with Gasteiger partial charge in [0.1, 0.15) is 10.8 Å². The lowest BCUT2D eigenvalue weighted by Gasteiger charge is -2.12. The SMILES string of the molecule is COc1cc(OC)c(-c2nc(C)cs2)cc1OC. The quantitative estimate of drug-likeness (QED) is 0.851. The average molecular weight is 265 g/mol. The van der Waals surface area contributed by atoms with E-state index in [0.717, 1.165) is 22.0 Å². The molecule has 0 saturated carbocycles. The van der Waals surface area contributed by atoms with Crippen LogP contribution in [0.3, 0.4) is 0 Å². The number of methoxy groups -OCH3 is 3. The average Bonchev–Trinajstić information content (AvgIpc) is 2.83. The van der Waals surface area contributed by atoms with Crippen LogP contribution >= 0.6 is 11.3 Å². The molecule has 0 atom stereocenters. The van der Waals surface area contributed by atoms with Crippen molar-refractivity contribution in [3.63, 3.8) is 0 Å². The van der Waals surface area contributed by atoms with E-state index in [1.165, 1.54) is 0 Å². The highest BCUT2D eigenvalue weighted by molar-refractivity contribution is 7.13. The van der Waals surface area contributed by atoms with Crippen molar-refractivity contribution in [2.24, 2.45) is 0 Å². The highest BCUT2D eigenvalue weighted by Gasteiger charge is 2.15. The topological polar surface area (TPSA) is 40.6 Å². The minimum absolute atomic E-state index is 0.645. The second-order valence-corrected chi connectivity index (χ2v) is 4.56. The molecule has 0 bridgehead atoms. The summed E-state index contributed by atoms with van der Waals surface area (Å²) < 4.78 is 15.9. The first kappa shape index (κ1) is 12.7. The molecule has 0 fully saturated rings. The molecule has 1 aromatic carbocycles. The molecule has 5 heteroatoms. The fourth-order valence-electron chi connectivity index (χ4n) is 1.67. The molecule has 0 aliphatic rings. The third kappa shape index (κ3) is 2.26. The van der Waals surface area contributed by atoms with E-state index >= 15 is 0 Å². The normalized spacial score (nSPS) is 10.2. The molecule has 0 radical (unpaired) electrons. The number of aromatic nitrogens is 1. The number of nitrogens with zero attached hydrogens (tertiary/aromatic N) is 1. The van der Waals surface area contributed by atoms with Crippen LogP contribution in [0.1, 0.15) is 5.69 Å². The lowest BCUT2D eigenvalue weighted by atomic mass is 10.2. The highest BCUT2D eigenvalue weighted by atomic mass is 32.1. The standard InChI is InChI=1S/C13H15NO3S/c1-8-7-18-13(14-8)9-5-11(16-3)12(17-4)6-10(9)15-2/h5-7H,1-4H3. The third-order valence-electron chi connectivity index (χ3n) is 2.56. The van der Waals surface area contributed by atoms with Crippen LogP contribution in [0.4, 0.5) is 0 Å². The molecule has 1 heterocycles. The van der Waals surface area contributed by atoms with Gasteiger partial charge in [-0.1, -0.05) is 0 Å². The number of hydrogen-bond donors (Lipinski definition) is 0. The van der Waals surface area contributed by atoms with Gasteiger partial charge in [-0.25, -0.2) is 4.98 Å². The van der Waals surface area contributed by atoms with E-state index in [0.29, 0.717) is 11.5 Å². The maximum absolute atomic E-state index is 5.38. The van der Waals surface area contributed by atoms with Gasteiger partial charge in [-0.2, -0.15) is 0 Å². The molecule has 0 aliphatic carbocycles. The summed E-state index contributed by atoms with van der Waals surface area (Å²) in [7, 11) is 4.84. The van der Waals surface area contributed by atoms with Gasteiger partial charge >= 0.3 is 0 Å². The van der Waals surface area contributed by atoms with Gasteiger partial charge in [0, 0.05) is 17.1 Å². The summed E-state index contributed by atoms with van der Waals surface area (Å²) in [4.78, 5) is 4.46. The summed E-state index contributed by atoms with van der Waals surface area (Å²) in [5, 5.41) is 2.91. The fourth-order valence-corrected chi connectivity index (χ4v) is 2.49. The van der Waals surface area contributed by atoms with E-state index in [2.05, 4.69) is 4.98 Å². The zero-order valence-electron chi connectivity index (χ0n) is 10.8. The Labute approximate surface area is 110 Å². The van der Waals surface area contributed by atoms with Crippen molar-refractivity contribution >= 4 is 11.3 Å². The summed E-state index contributed by atoms with van der Waals surface area (Å²) in [6, 6.07) is 3.70. The molecule has 0 saturated heterocycles. The van der Waals surface area contributed by atoms with Crippen LogP contribution < -0.4 is 14.2 Å². The summed E-state index contributed by atoms with van der Waals surface area (Å²) in [6.45, 7) is 1.97. The maximum Gasteiger partial charge on any atom is 0.164 e. The fraction of sp³-hybridized carbons (Fsp3) is 0.308. The molecule has 0 spiro atoms. The minimum atomic E-state index is 0.645. The van der Waals surface area contributed by atoms with Gasteiger partial charge in [0.2, 0.25) is 0 Å². The third-order valence-corrected chi connectivity index (χ3v) is 3.55. The van der Waals surface area contributed by atoms with Crippen molar-refractivity contribution in [3.8, 4) is 27.8 Å². The van der Waals surface area contributed by atoms with Gasteiger partial charge in [0.25, 0.3) is 0 Å². The Balaban J connectivity index is 2.58. The summed E-state index contributed by atoms with van der Waals surface area (Å²) >= 11 is 1.58. The lowest BCUT2D eigenvalue weighted by molar-refractivity contribution is 0.349. The van der Waals surface area contributed by atoms with E-state index in [1.54, 1.807) is 32.7 Å². The van der Waals surface area contributed by atoms with Crippen LogP contribution in [0.25, 0.3) is 10.6 Å². The first-order valence-electron chi connectivity index (χ1n) is 5.42. The smallest absolute Gasteiger partial charge is 0.164 e. The Morgan fingerprint density at radius 1 is 0.944 bits per heavy atom. The van der Waals surface area contributed by atoms with Gasteiger partial charge in [0.05, 0.1) is 26.9 Å². The van der Waals surface area contributed by atoms with Crippen LogP contribution in [0, 0.1) is 6.92 Å². The number of ether oxygens (including phenoxy) is 3. The molecule has 0 amide bonds. The van der Waals surface area contributed by atoms with Crippen LogP contribution in [-0.4, -0.2) is 26.3 Å². The van der Waals surface area contributed by atoms with Gasteiger partial charge in [-0.15, -0.1) is 11.3 Å². The molecule has 1 aromatic heterocycles. The maximum atomic E-state index is 5.38. The second-order valence-electron chi connectivity index (χ2n) is 3.70. The summed E-state index contributed by atoms with van der Waals surface area (Å²) in [5.41, 5.74) is 1.90. The molecular weight excluding hydrogens is 250 g/mol. The largest absolute Gasteiger partial charge is 0.496 e. The Hall–Kier alpha value is -1.75.